The summed E-state index contributed by atoms with van der Waals surface area (Å²) in [6.45, 7) is 7.89. The lowest BCUT2D eigenvalue weighted by Crippen LogP contribution is -2.73. The van der Waals surface area contributed by atoms with E-state index < -0.39 is 0 Å². The van der Waals surface area contributed by atoms with Crippen molar-refractivity contribution in [3.05, 3.63) is 30.1 Å². The summed E-state index contributed by atoms with van der Waals surface area (Å²) in [7, 11) is 0. The summed E-state index contributed by atoms with van der Waals surface area (Å²) in [6, 6.07) is 3.97. The SMILES string of the molecule is CCOC1CC(CO)(NCc2cccnc2)C1(C)C. The van der Waals surface area contributed by atoms with Crippen LogP contribution in [0, 0.1) is 5.41 Å². The Hall–Kier alpha value is -0.970. The number of aliphatic hydroxyl groups excluding tert-OH is 1. The number of pyridine rings is 1. The topological polar surface area (TPSA) is 54.4 Å². The Labute approximate surface area is 115 Å². The number of aliphatic hydroxyl groups is 1. The molecule has 1 aliphatic carbocycles. The minimum atomic E-state index is -0.261. The van der Waals surface area contributed by atoms with Crippen LogP contribution in [0.15, 0.2) is 24.5 Å². The largest absolute Gasteiger partial charge is 0.394 e. The van der Waals surface area contributed by atoms with Gasteiger partial charge in [0.25, 0.3) is 0 Å². The summed E-state index contributed by atoms with van der Waals surface area (Å²) in [5.41, 5.74) is 0.800. The normalized spacial score (nSPS) is 28.9. The average Bonchev–Trinajstić information content (AvgIpc) is 2.43. The molecule has 106 valence electrons. The third-order valence-electron chi connectivity index (χ3n) is 4.56. The van der Waals surface area contributed by atoms with E-state index in [4.69, 9.17) is 4.74 Å². The van der Waals surface area contributed by atoms with Crippen LogP contribution in [-0.4, -0.2) is 34.9 Å². The fraction of sp³-hybridized carbons (Fsp3) is 0.667. The van der Waals surface area contributed by atoms with Crippen molar-refractivity contribution in [3.8, 4) is 0 Å². The lowest BCUT2D eigenvalue weighted by Gasteiger charge is -2.60. The number of hydrogen-bond donors (Lipinski definition) is 2. The number of ether oxygens (including phenoxy) is 1. The summed E-state index contributed by atoms with van der Waals surface area (Å²) in [4.78, 5) is 4.11. The Kier molecular flexibility index (Phi) is 4.23. The van der Waals surface area contributed by atoms with Crippen LogP contribution in [0.1, 0.15) is 32.8 Å². The second kappa shape index (κ2) is 5.57. The van der Waals surface area contributed by atoms with Crippen LogP contribution in [-0.2, 0) is 11.3 Å². The van der Waals surface area contributed by atoms with E-state index in [1.54, 1.807) is 6.20 Å². The molecular weight excluding hydrogens is 240 g/mol. The summed E-state index contributed by atoms with van der Waals surface area (Å²) < 4.78 is 5.74. The summed E-state index contributed by atoms with van der Waals surface area (Å²) in [5.74, 6) is 0. The summed E-state index contributed by atoms with van der Waals surface area (Å²) in [6.07, 6.45) is 4.68. The maximum Gasteiger partial charge on any atom is 0.0663 e. The Morgan fingerprint density at radius 3 is 2.84 bits per heavy atom. The first-order valence-electron chi connectivity index (χ1n) is 6.92. The van der Waals surface area contributed by atoms with Crippen LogP contribution < -0.4 is 5.32 Å². The van der Waals surface area contributed by atoms with Crippen molar-refractivity contribution < 1.29 is 9.84 Å². The van der Waals surface area contributed by atoms with Crippen LogP contribution in [0.2, 0.25) is 0 Å². The molecule has 2 rings (SSSR count). The Morgan fingerprint density at radius 2 is 2.32 bits per heavy atom. The smallest absolute Gasteiger partial charge is 0.0663 e. The zero-order valence-corrected chi connectivity index (χ0v) is 12.0. The van der Waals surface area contributed by atoms with E-state index in [-0.39, 0.29) is 23.7 Å². The lowest BCUT2D eigenvalue weighted by molar-refractivity contribution is -0.177. The third-order valence-corrected chi connectivity index (χ3v) is 4.56. The fourth-order valence-corrected chi connectivity index (χ4v) is 2.88. The van der Waals surface area contributed by atoms with Gasteiger partial charge < -0.3 is 15.2 Å². The molecule has 2 atom stereocenters. The van der Waals surface area contributed by atoms with Crippen LogP contribution >= 0.6 is 0 Å². The van der Waals surface area contributed by atoms with Gasteiger partial charge in [-0.25, -0.2) is 0 Å². The van der Waals surface area contributed by atoms with Gasteiger partial charge in [-0.2, -0.15) is 0 Å². The van der Waals surface area contributed by atoms with E-state index in [9.17, 15) is 5.11 Å². The molecule has 2 N–H and O–H groups in total. The van der Waals surface area contributed by atoms with Gasteiger partial charge in [-0.05, 0) is 25.0 Å². The molecule has 4 heteroatoms. The maximum atomic E-state index is 9.80. The molecule has 19 heavy (non-hydrogen) atoms. The number of hydrogen-bond acceptors (Lipinski definition) is 4. The van der Waals surface area contributed by atoms with Gasteiger partial charge in [0.05, 0.1) is 18.2 Å². The van der Waals surface area contributed by atoms with Crippen LogP contribution in [0.3, 0.4) is 0 Å². The van der Waals surface area contributed by atoms with Crippen molar-refractivity contribution >= 4 is 0 Å². The second-order valence-electron chi connectivity index (χ2n) is 5.82. The first-order chi connectivity index (χ1) is 9.05. The molecule has 0 aliphatic heterocycles. The molecule has 4 nitrogen and oxygen atoms in total. The van der Waals surface area contributed by atoms with Gasteiger partial charge in [0, 0.05) is 31.0 Å². The average molecular weight is 264 g/mol. The highest BCUT2D eigenvalue weighted by Crippen LogP contribution is 2.51. The minimum Gasteiger partial charge on any atom is -0.394 e. The first-order valence-corrected chi connectivity index (χ1v) is 6.92. The molecule has 1 heterocycles. The van der Waals surface area contributed by atoms with E-state index in [2.05, 4.69) is 24.1 Å². The highest BCUT2D eigenvalue weighted by Gasteiger charge is 2.60. The van der Waals surface area contributed by atoms with Crippen molar-refractivity contribution in [2.24, 2.45) is 5.41 Å². The van der Waals surface area contributed by atoms with Crippen LogP contribution in [0.4, 0.5) is 0 Å². The van der Waals surface area contributed by atoms with Gasteiger partial charge in [-0.3, -0.25) is 4.98 Å². The minimum absolute atomic E-state index is 0.0695. The Balaban J connectivity index is 2.01. The van der Waals surface area contributed by atoms with Crippen molar-refractivity contribution in [2.45, 2.75) is 45.4 Å². The molecule has 0 saturated heterocycles. The van der Waals surface area contributed by atoms with Crippen LogP contribution in [0.25, 0.3) is 0 Å². The Bertz CT molecular complexity index is 408. The summed E-state index contributed by atoms with van der Waals surface area (Å²) >= 11 is 0. The van der Waals surface area contributed by atoms with E-state index in [0.717, 1.165) is 25.1 Å². The molecule has 1 saturated carbocycles. The standard InChI is InChI=1S/C15H24N2O2/c1-4-19-13-8-15(11-18,14(13,2)3)17-10-12-6-5-7-16-9-12/h5-7,9,13,17-18H,4,8,10-11H2,1-3H3. The van der Waals surface area contributed by atoms with Gasteiger partial charge in [0.15, 0.2) is 0 Å². The molecular formula is C15H24N2O2. The zero-order valence-electron chi connectivity index (χ0n) is 12.0. The fourth-order valence-electron chi connectivity index (χ4n) is 2.88. The molecule has 0 bridgehead atoms. The van der Waals surface area contributed by atoms with E-state index in [0.29, 0.717) is 0 Å². The Morgan fingerprint density at radius 1 is 1.53 bits per heavy atom. The highest BCUT2D eigenvalue weighted by atomic mass is 16.5. The van der Waals surface area contributed by atoms with Crippen molar-refractivity contribution in [2.75, 3.05) is 13.2 Å². The van der Waals surface area contributed by atoms with Crippen molar-refractivity contribution in [1.82, 2.24) is 10.3 Å². The molecule has 0 amide bonds. The van der Waals surface area contributed by atoms with Crippen molar-refractivity contribution in [1.29, 1.82) is 0 Å². The number of nitrogens with zero attached hydrogens (tertiary/aromatic N) is 1. The second-order valence-corrected chi connectivity index (χ2v) is 5.82. The first kappa shape index (κ1) is 14.4. The van der Waals surface area contributed by atoms with E-state index in [1.807, 2.05) is 25.3 Å². The molecule has 0 spiro atoms. The molecule has 1 aromatic rings. The van der Waals surface area contributed by atoms with E-state index in [1.165, 1.54) is 0 Å². The van der Waals surface area contributed by atoms with Gasteiger partial charge in [-0.1, -0.05) is 19.9 Å². The van der Waals surface area contributed by atoms with Crippen LogP contribution in [0.5, 0.6) is 0 Å². The van der Waals surface area contributed by atoms with Gasteiger partial charge in [0.2, 0.25) is 0 Å². The predicted molar refractivity (Wildman–Crippen MR) is 74.7 cm³/mol. The molecule has 1 aliphatic rings. The summed E-state index contributed by atoms with van der Waals surface area (Å²) in [5, 5.41) is 13.3. The predicted octanol–water partition coefficient (Wildman–Crippen LogP) is 1.74. The monoisotopic (exact) mass is 264 g/mol. The molecule has 0 radical (unpaired) electrons. The number of aromatic nitrogens is 1. The van der Waals surface area contributed by atoms with Gasteiger partial charge in [0.1, 0.15) is 0 Å². The zero-order chi connectivity index (χ0) is 13.9. The maximum absolute atomic E-state index is 9.80. The van der Waals surface area contributed by atoms with Crippen molar-refractivity contribution in [3.63, 3.8) is 0 Å². The lowest BCUT2D eigenvalue weighted by atomic mass is 9.54. The third kappa shape index (κ3) is 2.53. The van der Waals surface area contributed by atoms with E-state index >= 15 is 0 Å². The molecule has 1 aromatic heterocycles. The molecule has 2 unspecified atom stereocenters. The van der Waals surface area contributed by atoms with Gasteiger partial charge >= 0.3 is 0 Å². The van der Waals surface area contributed by atoms with Gasteiger partial charge in [-0.15, -0.1) is 0 Å². The quantitative estimate of drug-likeness (QED) is 0.821. The molecule has 0 aromatic carbocycles. The molecule has 1 fully saturated rings. The number of nitrogens with one attached hydrogen (secondary N) is 1. The number of rotatable bonds is 6. The highest BCUT2D eigenvalue weighted by molar-refractivity contribution is 5.17.